The number of hydrogen-bond acceptors (Lipinski definition) is 4. The first-order valence-corrected chi connectivity index (χ1v) is 9.04. The van der Waals surface area contributed by atoms with Crippen LogP contribution in [0, 0.1) is 0 Å². The fraction of sp³-hybridized carbons (Fsp3) is 0.350. The smallest absolute Gasteiger partial charge is 0.249 e. The largest absolute Gasteiger partial charge is 0.497 e. The van der Waals surface area contributed by atoms with Gasteiger partial charge in [0.25, 0.3) is 0 Å². The van der Waals surface area contributed by atoms with E-state index < -0.39 is 12.1 Å². The van der Waals surface area contributed by atoms with E-state index in [2.05, 4.69) is 5.32 Å². The van der Waals surface area contributed by atoms with Crippen LogP contribution in [-0.2, 0) is 9.53 Å². The summed E-state index contributed by atoms with van der Waals surface area (Å²) in [6, 6.07) is 14.7. The highest BCUT2D eigenvalue weighted by Crippen LogP contribution is 2.31. The summed E-state index contributed by atoms with van der Waals surface area (Å²) in [6.07, 6.45) is 0.923. The van der Waals surface area contributed by atoms with Gasteiger partial charge in [0.1, 0.15) is 11.9 Å². The Morgan fingerprint density at radius 1 is 1.30 bits per heavy atom. The maximum absolute atomic E-state index is 12.8. The number of amides is 1. The van der Waals surface area contributed by atoms with Gasteiger partial charge in [-0.05, 0) is 42.2 Å². The standard InChI is InChI=1S/C20H23ClN2O3.ClH/c1-25-14-6-4-5-13(11-14)19(16-7-2-3-8-17(16)21)23-20(24)18-10-9-15(12-22)26-18;/h2-8,11,15,18-19H,9-10,12,22H2,1H3,(H,23,24);1H/t15-,18+,19?;/m1./s1. The molecular formula is C20H24Cl2N2O3. The van der Waals surface area contributed by atoms with E-state index in [1.54, 1.807) is 7.11 Å². The number of benzene rings is 2. The molecule has 2 aromatic rings. The van der Waals surface area contributed by atoms with Crippen molar-refractivity contribution in [3.63, 3.8) is 0 Å². The SMILES string of the molecule is COc1cccc(C(NC(=O)[C@@H]2CC[C@H](CN)O2)c2ccccc2Cl)c1.Cl. The van der Waals surface area contributed by atoms with Crippen LogP contribution in [0.1, 0.15) is 30.0 Å². The molecule has 3 rings (SSSR count). The van der Waals surface area contributed by atoms with Gasteiger partial charge in [0, 0.05) is 11.6 Å². The second-order valence-electron chi connectivity index (χ2n) is 6.30. The average molecular weight is 411 g/mol. The van der Waals surface area contributed by atoms with Crippen LogP contribution >= 0.6 is 24.0 Å². The van der Waals surface area contributed by atoms with E-state index >= 15 is 0 Å². The molecule has 3 atom stereocenters. The molecular weight excluding hydrogens is 387 g/mol. The molecule has 0 bridgehead atoms. The molecule has 1 unspecified atom stereocenters. The Bertz CT molecular complexity index is 772. The van der Waals surface area contributed by atoms with Gasteiger partial charge < -0.3 is 20.5 Å². The molecule has 1 aliphatic rings. The minimum atomic E-state index is -0.487. The summed E-state index contributed by atoms with van der Waals surface area (Å²) in [6.45, 7) is 0.424. The monoisotopic (exact) mass is 410 g/mol. The van der Waals surface area contributed by atoms with Gasteiger partial charge in [-0.3, -0.25) is 4.79 Å². The van der Waals surface area contributed by atoms with Crippen molar-refractivity contribution in [3.05, 3.63) is 64.7 Å². The van der Waals surface area contributed by atoms with Crippen LogP contribution in [0.3, 0.4) is 0 Å². The Balaban J connectivity index is 0.00000261. The van der Waals surface area contributed by atoms with E-state index in [4.69, 9.17) is 26.8 Å². The third-order valence-corrected chi connectivity index (χ3v) is 4.94. The van der Waals surface area contributed by atoms with Crippen molar-refractivity contribution in [2.45, 2.75) is 31.1 Å². The van der Waals surface area contributed by atoms with Crippen LogP contribution in [0.2, 0.25) is 5.02 Å². The van der Waals surface area contributed by atoms with Gasteiger partial charge in [0.15, 0.2) is 0 Å². The number of hydrogen-bond donors (Lipinski definition) is 2. The number of carbonyl (C=O) groups excluding carboxylic acids is 1. The van der Waals surface area contributed by atoms with E-state index in [9.17, 15) is 4.79 Å². The van der Waals surface area contributed by atoms with Gasteiger partial charge >= 0.3 is 0 Å². The van der Waals surface area contributed by atoms with E-state index in [1.165, 1.54) is 0 Å². The summed E-state index contributed by atoms with van der Waals surface area (Å²) in [7, 11) is 1.61. The molecule has 7 heteroatoms. The summed E-state index contributed by atoms with van der Waals surface area (Å²) < 4.78 is 11.0. The summed E-state index contributed by atoms with van der Waals surface area (Å²) in [5, 5.41) is 3.67. The lowest BCUT2D eigenvalue weighted by atomic mass is 9.98. The molecule has 1 fully saturated rings. The lowest BCUT2D eigenvalue weighted by molar-refractivity contribution is -0.132. The Morgan fingerprint density at radius 2 is 2.07 bits per heavy atom. The first-order valence-electron chi connectivity index (χ1n) is 8.66. The van der Waals surface area contributed by atoms with Gasteiger partial charge in [-0.2, -0.15) is 0 Å². The molecule has 1 heterocycles. The number of halogens is 2. The predicted molar refractivity (Wildman–Crippen MR) is 109 cm³/mol. The molecule has 3 N–H and O–H groups in total. The van der Waals surface area contributed by atoms with Crippen LogP contribution in [0.25, 0.3) is 0 Å². The van der Waals surface area contributed by atoms with Crippen LogP contribution in [-0.4, -0.2) is 31.8 Å². The van der Waals surface area contributed by atoms with Gasteiger partial charge in [0.05, 0.1) is 19.3 Å². The molecule has 1 aliphatic heterocycles. The van der Waals surface area contributed by atoms with E-state index in [1.807, 2.05) is 48.5 Å². The van der Waals surface area contributed by atoms with Crippen molar-refractivity contribution in [1.82, 2.24) is 5.32 Å². The molecule has 0 spiro atoms. The Hall–Kier alpha value is -1.79. The minimum absolute atomic E-state index is 0. The minimum Gasteiger partial charge on any atom is -0.497 e. The van der Waals surface area contributed by atoms with Crippen molar-refractivity contribution >= 4 is 29.9 Å². The van der Waals surface area contributed by atoms with E-state index in [0.29, 0.717) is 23.7 Å². The summed E-state index contributed by atoms with van der Waals surface area (Å²) in [5.41, 5.74) is 7.35. The van der Waals surface area contributed by atoms with E-state index in [0.717, 1.165) is 17.5 Å². The van der Waals surface area contributed by atoms with Gasteiger partial charge in [-0.25, -0.2) is 0 Å². The molecule has 1 saturated heterocycles. The quantitative estimate of drug-likeness (QED) is 0.764. The van der Waals surface area contributed by atoms with Crippen molar-refractivity contribution in [2.24, 2.45) is 5.73 Å². The first kappa shape index (κ1) is 21.5. The van der Waals surface area contributed by atoms with Crippen molar-refractivity contribution in [1.29, 1.82) is 0 Å². The van der Waals surface area contributed by atoms with Gasteiger partial charge in [0.2, 0.25) is 5.91 Å². The number of nitrogens with two attached hydrogens (primary N) is 1. The van der Waals surface area contributed by atoms with Crippen LogP contribution in [0.4, 0.5) is 0 Å². The van der Waals surface area contributed by atoms with Crippen molar-refractivity contribution in [2.75, 3.05) is 13.7 Å². The first-order chi connectivity index (χ1) is 12.6. The third kappa shape index (κ3) is 5.14. The second kappa shape index (κ2) is 9.95. The number of nitrogens with one attached hydrogen (secondary N) is 1. The topological polar surface area (TPSA) is 73.6 Å². The normalized spacial score (nSPS) is 19.8. The predicted octanol–water partition coefficient (Wildman–Crippen LogP) is 3.48. The lowest BCUT2D eigenvalue weighted by Crippen LogP contribution is -2.38. The molecule has 0 radical (unpaired) electrons. The Kier molecular flexibility index (Phi) is 7.92. The van der Waals surface area contributed by atoms with Crippen molar-refractivity contribution < 1.29 is 14.3 Å². The summed E-state index contributed by atoms with van der Waals surface area (Å²) >= 11 is 6.40. The molecule has 2 aromatic carbocycles. The molecule has 5 nitrogen and oxygen atoms in total. The summed E-state index contributed by atoms with van der Waals surface area (Å²) in [5.74, 6) is 0.558. The zero-order chi connectivity index (χ0) is 18.5. The van der Waals surface area contributed by atoms with Crippen LogP contribution < -0.4 is 15.8 Å². The zero-order valence-corrected chi connectivity index (χ0v) is 16.6. The van der Waals surface area contributed by atoms with E-state index in [-0.39, 0.29) is 24.4 Å². The fourth-order valence-electron chi connectivity index (χ4n) is 3.18. The highest BCUT2D eigenvalue weighted by molar-refractivity contribution is 6.31. The number of ether oxygens (including phenoxy) is 2. The maximum atomic E-state index is 12.8. The highest BCUT2D eigenvalue weighted by Gasteiger charge is 2.32. The number of rotatable bonds is 6. The molecule has 0 saturated carbocycles. The molecule has 0 aromatic heterocycles. The fourth-order valence-corrected chi connectivity index (χ4v) is 3.42. The number of carbonyl (C=O) groups is 1. The van der Waals surface area contributed by atoms with Crippen LogP contribution in [0.15, 0.2) is 48.5 Å². The average Bonchev–Trinajstić information content (AvgIpc) is 3.16. The molecule has 27 heavy (non-hydrogen) atoms. The zero-order valence-electron chi connectivity index (χ0n) is 15.1. The lowest BCUT2D eigenvalue weighted by Gasteiger charge is -2.23. The van der Waals surface area contributed by atoms with Crippen LogP contribution in [0.5, 0.6) is 5.75 Å². The van der Waals surface area contributed by atoms with Gasteiger partial charge in [-0.1, -0.05) is 41.9 Å². The molecule has 1 amide bonds. The highest BCUT2D eigenvalue weighted by atomic mass is 35.5. The molecule has 146 valence electrons. The Morgan fingerprint density at radius 3 is 2.74 bits per heavy atom. The second-order valence-corrected chi connectivity index (χ2v) is 6.71. The summed E-state index contributed by atoms with van der Waals surface area (Å²) in [4.78, 5) is 12.8. The molecule has 0 aliphatic carbocycles. The van der Waals surface area contributed by atoms with Gasteiger partial charge in [-0.15, -0.1) is 12.4 Å². The number of methoxy groups -OCH3 is 1. The maximum Gasteiger partial charge on any atom is 0.249 e. The third-order valence-electron chi connectivity index (χ3n) is 4.59. The Labute approximate surface area is 170 Å². The van der Waals surface area contributed by atoms with Crippen molar-refractivity contribution in [3.8, 4) is 5.75 Å².